The van der Waals surface area contributed by atoms with Crippen LogP contribution >= 0.6 is 11.3 Å². The molecule has 0 radical (unpaired) electrons. The minimum Gasteiger partial charge on any atom is -0.347 e. The fourth-order valence-corrected chi connectivity index (χ4v) is 5.75. The molecule has 1 heterocycles. The molecule has 5 rings (SSSR count). The third kappa shape index (κ3) is 2.40. The van der Waals surface area contributed by atoms with Gasteiger partial charge >= 0.3 is 0 Å². The predicted molar refractivity (Wildman–Crippen MR) is 83.0 cm³/mol. The molecule has 4 bridgehead atoms. The Morgan fingerprint density at radius 3 is 2.43 bits per heavy atom. The van der Waals surface area contributed by atoms with Crippen LogP contribution in [0, 0.1) is 23.7 Å². The molecule has 0 saturated heterocycles. The number of nitrogens with zero attached hydrogens (tertiary/aromatic N) is 1. The van der Waals surface area contributed by atoms with Crippen molar-refractivity contribution in [3.63, 3.8) is 0 Å². The number of rotatable bonds is 3. The topological polar surface area (TPSA) is 68.0 Å². The second kappa shape index (κ2) is 5.06. The van der Waals surface area contributed by atoms with Crippen LogP contribution in [0.5, 0.6) is 0 Å². The summed E-state index contributed by atoms with van der Waals surface area (Å²) < 4.78 is 0. The fraction of sp³-hybridized carbons (Fsp3) is 0.750. The average Bonchev–Trinajstić information content (AvgIpc) is 2.92. The highest BCUT2D eigenvalue weighted by Crippen LogP contribution is 2.53. The van der Waals surface area contributed by atoms with Crippen molar-refractivity contribution in [1.82, 2.24) is 10.3 Å². The fourth-order valence-electron chi connectivity index (χ4n) is 4.99. The lowest BCUT2D eigenvalue weighted by atomic mass is 9.54. The van der Waals surface area contributed by atoms with Crippen molar-refractivity contribution in [2.45, 2.75) is 51.1 Å². The normalized spacial score (nSPS) is 38.5. The Hall–Kier alpha value is -0.940. The van der Waals surface area contributed by atoms with E-state index in [0.717, 1.165) is 16.8 Å². The van der Waals surface area contributed by atoms with Gasteiger partial charge in [-0.15, -0.1) is 11.3 Å². The minimum atomic E-state index is -0.0993. The van der Waals surface area contributed by atoms with Crippen LogP contribution in [0.4, 0.5) is 0 Å². The SMILES string of the molecule is CC(N)c1nc(C(=O)NC2C3CC4CC(C3)CC2C4)cs1. The molecule has 4 aliphatic rings. The smallest absolute Gasteiger partial charge is 0.270 e. The lowest BCUT2D eigenvalue weighted by Gasteiger charge is -2.54. The number of hydrogen-bond acceptors (Lipinski definition) is 4. The van der Waals surface area contributed by atoms with Gasteiger partial charge in [0.1, 0.15) is 10.7 Å². The van der Waals surface area contributed by atoms with Crippen LogP contribution in [-0.4, -0.2) is 16.9 Å². The molecule has 0 spiro atoms. The van der Waals surface area contributed by atoms with E-state index in [9.17, 15) is 4.79 Å². The first-order chi connectivity index (χ1) is 10.1. The van der Waals surface area contributed by atoms with E-state index in [1.54, 1.807) is 0 Å². The van der Waals surface area contributed by atoms with Gasteiger partial charge in [0.15, 0.2) is 0 Å². The second-order valence-corrected chi connectivity index (χ2v) is 8.18. The van der Waals surface area contributed by atoms with Gasteiger partial charge in [-0.3, -0.25) is 4.79 Å². The summed E-state index contributed by atoms with van der Waals surface area (Å²) in [7, 11) is 0. The summed E-state index contributed by atoms with van der Waals surface area (Å²) in [6, 6.07) is 0.281. The van der Waals surface area contributed by atoms with E-state index >= 15 is 0 Å². The van der Waals surface area contributed by atoms with E-state index in [2.05, 4.69) is 10.3 Å². The second-order valence-electron chi connectivity index (χ2n) is 7.29. The lowest BCUT2D eigenvalue weighted by Crippen LogP contribution is -2.55. The standard InChI is InChI=1S/C16H23N3OS/c1-8(17)16-18-13(7-21-16)15(20)19-14-11-3-9-2-10(5-11)6-12(14)4-9/h7-12,14H,2-6,17H2,1H3,(H,19,20). The molecule has 4 fully saturated rings. The quantitative estimate of drug-likeness (QED) is 0.902. The first-order valence-electron chi connectivity index (χ1n) is 8.12. The summed E-state index contributed by atoms with van der Waals surface area (Å²) in [5.74, 6) is 3.28. The summed E-state index contributed by atoms with van der Waals surface area (Å²) in [6.07, 6.45) is 6.72. The Kier molecular flexibility index (Phi) is 3.30. The monoisotopic (exact) mass is 305 g/mol. The lowest BCUT2D eigenvalue weighted by molar-refractivity contribution is -0.0120. The molecular weight excluding hydrogens is 282 g/mol. The molecule has 4 aliphatic carbocycles. The first-order valence-corrected chi connectivity index (χ1v) is 9.00. The van der Waals surface area contributed by atoms with Gasteiger partial charge in [-0.2, -0.15) is 0 Å². The highest BCUT2D eigenvalue weighted by atomic mass is 32.1. The molecule has 5 heteroatoms. The molecule has 1 amide bonds. The molecule has 0 aromatic carbocycles. The van der Waals surface area contributed by atoms with Crippen molar-refractivity contribution in [1.29, 1.82) is 0 Å². The van der Waals surface area contributed by atoms with Gasteiger partial charge in [0.2, 0.25) is 0 Å². The van der Waals surface area contributed by atoms with E-state index in [0.29, 0.717) is 23.6 Å². The highest BCUT2D eigenvalue weighted by molar-refractivity contribution is 7.09. The molecule has 1 aromatic rings. The summed E-state index contributed by atoms with van der Waals surface area (Å²) in [4.78, 5) is 16.8. The predicted octanol–water partition coefficient (Wildman–Crippen LogP) is 2.72. The van der Waals surface area contributed by atoms with Crippen molar-refractivity contribution < 1.29 is 4.79 Å². The molecule has 4 saturated carbocycles. The summed E-state index contributed by atoms with van der Waals surface area (Å²) in [6.45, 7) is 1.90. The maximum atomic E-state index is 12.5. The molecule has 114 valence electrons. The Morgan fingerprint density at radius 1 is 1.29 bits per heavy atom. The van der Waals surface area contributed by atoms with E-state index < -0.39 is 0 Å². The van der Waals surface area contributed by atoms with Crippen LogP contribution in [0.1, 0.15) is 60.6 Å². The maximum absolute atomic E-state index is 12.5. The van der Waals surface area contributed by atoms with Crippen molar-refractivity contribution in [3.05, 3.63) is 16.1 Å². The third-order valence-electron chi connectivity index (χ3n) is 5.67. The van der Waals surface area contributed by atoms with Crippen molar-refractivity contribution >= 4 is 17.2 Å². The van der Waals surface area contributed by atoms with Gasteiger partial charge in [0.25, 0.3) is 5.91 Å². The molecule has 1 aromatic heterocycles. The third-order valence-corrected chi connectivity index (χ3v) is 6.71. The van der Waals surface area contributed by atoms with Crippen LogP contribution in [0.25, 0.3) is 0 Å². The van der Waals surface area contributed by atoms with Gasteiger partial charge < -0.3 is 11.1 Å². The zero-order valence-electron chi connectivity index (χ0n) is 12.4. The van der Waals surface area contributed by atoms with Gasteiger partial charge in [-0.25, -0.2) is 4.98 Å². The number of carbonyl (C=O) groups is 1. The van der Waals surface area contributed by atoms with Crippen molar-refractivity contribution in [2.75, 3.05) is 0 Å². The zero-order valence-corrected chi connectivity index (χ0v) is 13.2. The van der Waals surface area contributed by atoms with Crippen LogP contribution in [0.2, 0.25) is 0 Å². The summed E-state index contributed by atoms with van der Waals surface area (Å²) in [5.41, 5.74) is 6.37. The number of carbonyl (C=O) groups excluding carboxylic acids is 1. The van der Waals surface area contributed by atoms with Gasteiger partial charge in [-0.1, -0.05) is 0 Å². The van der Waals surface area contributed by atoms with E-state index in [1.807, 2.05) is 12.3 Å². The van der Waals surface area contributed by atoms with Gasteiger partial charge in [0.05, 0.1) is 6.04 Å². The van der Waals surface area contributed by atoms with E-state index in [-0.39, 0.29) is 11.9 Å². The molecular formula is C16H23N3OS. The first kappa shape index (κ1) is 13.7. The average molecular weight is 305 g/mol. The summed E-state index contributed by atoms with van der Waals surface area (Å²) >= 11 is 1.48. The largest absolute Gasteiger partial charge is 0.347 e. The highest BCUT2D eigenvalue weighted by Gasteiger charge is 2.48. The van der Waals surface area contributed by atoms with Gasteiger partial charge in [-0.05, 0) is 62.7 Å². The zero-order chi connectivity index (χ0) is 14.6. The van der Waals surface area contributed by atoms with Crippen molar-refractivity contribution in [2.24, 2.45) is 29.4 Å². The van der Waals surface area contributed by atoms with E-state index in [1.165, 1.54) is 43.4 Å². The summed E-state index contributed by atoms with van der Waals surface area (Å²) in [5, 5.41) is 5.97. The number of nitrogens with one attached hydrogen (secondary N) is 1. The Morgan fingerprint density at radius 2 is 1.90 bits per heavy atom. The molecule has 4 nitrogen and oxygen atoms in total. The van der Waals surface area contributed by atoms with Crippen LogP contribution in [0.15, 0.2) is 5.38 Å². The molecule has 3 N–H and O–H groups in total. The van der Waals surface area contributed by atoms with Crippen molar-refractivity contribution in [3.8, 4) is 0 Å². The Labute approximate surface area is 129 Å². The number of aromatic nitrogens is 1. The number of thiazole rings is 1. The van der Waals surface area contributed by atoms with Gasteiger partial charge in [0, 0.05) is 11.4 Å². The van der Waals surface area contributed by atoms with Crippen LogP contribution in [0.3, 0.4) is 0 Å². The molecule has 21 heavy (non-hydrogen) atoms. The molecule has 1 unspecified atom stereocenters. The van der Waals surface area contributed by atoms with Crippen LogP contribution < -0.4 is 11.1 Å². The minimum absolute atomic E-state index is 0.00405. The number of nitrogens with two attached hydrogens (primary N) is 1. The number of hydrogen-bond donors (Lipinski definition) is 2. The maximum Gasteiger partial charge on any atom is 0.270 e. The number of amides is 1. The Bertz CT molecular complexity index is 525. The Balaban J connectivity index is 1.47. The molecule has 0 aliphatic heterocycles. The molecule has 1 atom stereocenters. The van der Waals surface area contributed by atoms with Crippen LogP contribution in [-0.2, 0) is 0 Å². The van der Waals surface area contributed by atoms with E-state index in [4.69, 9.17) is 5.73 Å².